The van der Waals surface area contributed by atoms with Crippen LogP contribution in [0, 0.1) is 6.92 Å². The van der Waals surface area contributed by atoms with Crippen LogP contribution in [0.25, 0.3) is 5.69 Å². The van der Waals surface area contributed by atoms with Gasteiger partial charge in [-0.15, -0.1) is 0 Å². The zero-order chi connectivity index (χ0) is 20.5. The number of nitrogens with zero attached hydrogens (tertiary/aromatic N) is 2. The Labute approximate surface area is 159 Å². The first-order valence-electron chi connectivity index (χ1n) is 8.48. The molecule has 5 nitrogen and oxygen atoms in total. The number of hydrogen-bond acceptors (Lipinski definition) is 2. The second-order valence-electron chi connectivity index (χ2n) is 6.36. The van der Waals surface area contributed by atoms with Crippen LogP contribution in [0.4, 0.5) is 18.9 Å². The molecule has 8 heteroatoms. The van der Waals surface area contributed by atoms with Gasteiger partial charge in [0.1, 0.15) is 5.69 Å². The van der Waals surface area contributed by atoms with E-state index in [1.54, 1.807) is 42.9 Å². The summed E-state index contributed by atoms with van der Waals surface area (Å²) in [6, 6.07) is 13.3. The number of para-hydroxylation sites is 1. The molecule has 0 aliphatic heterocycles. The third-order valence-electron chi connectivity index (χ3n) is 4.46. The van der Waals surface area contributed by atoms with E-state index in [1.807, 2.05) is 6.07 Å². The molecular formula is C20H18F3N3O2. The maximum atomic E-state index is 12.8. The first-order chi connectivity index (χ1) is 13.2. The molecule has 1 aromatic heterocycles. The highest BCUT2D eigenvalue weighted by Gasteiger charge is 2.30. The van der Waals surface area contributed by atoms with E-state index in [0.29, 0.717) is 16.9 Å². The van der Waals surface area contributed by atoms with Crippen molar-refractivity contribution in [2.75, 3.05) is 5.32 Å². The zero-order valence-electron chi connectivity index (χ0n) is 15.2. The molecule has 0 aliphatic rings. The fourth-order valence-corrected chi connectivity index (χ4v) is 2.89. The van der Waals surface area contributed by atoms with Gasteiger partial charge in [0, 0.05) is 7.05 Å². The van der Waals surface area contributed by atoms with Crippen LogP contribution in [0.5, 0.6) is 0 Å². The average molecular weight is 389 g/mol. The van der Waals surface area contributed by atoms with Crippen LogP contribution in [0.1, 0.15) is 16.8 Å². The minimum Gasteiger partial charge on any atom is -0.320 e. The van der Waals surface area contributed by atoms with Gasteiger partial charge in [-0.05, 0) is 36.8 Å². The lowest BCUT2D eigenvalue weighted by atomic mass is 10.1. The van der Waals surface area contributed by atoms with Crippen molar-refractivity contribution in [1.82, 2.24) is 9.36 Å². The predicted octanol–water partition coefficient (Wildman–Crippen LogP) is 3.68. The Kier molecular flexibility index (Phi) is 5.13. The van der Waals surface area contributed by atoms with Gasteiger partial charge in [0.2, 0.25) is 5.91 Å². The van der Waals surface area contributed by atoms with Crippen molar-refractivity contribution >= 4 is 11.6 Å². The largest absolute Gasteiger partial charge is 0.416 e. The molecular weight excluding hydrogens is 371 g/mol. The zero-order valence-corrected chi connectivity index (χ0v) is 15.2. The molecule has 0 unspecified atom stereocenters. The minimum atomic E-state index is -4.43. The first-order valence-corrected chi connectivity index (χ1v) is 8.48. The van der Waals surface area contributed by atoms with Crippen LogP contribution in [0.15, 0.2) is 59.4 Å². The second-order valence-corrected chi connectivity index (χ2v) is 6.36. The van der Waals surface area contributed by atoms with Crippen molar-refractivity contribution in [3.8, 4) is 5.69 Å². The molecule has 0 bridgehead atoms. The maximum absolute atomic E-state index is 12.8. The Balaban J connectivity index is 1.81. The van der Waals surface area contributed by atoms with E-state index in [0.717, 1.165) is 12.1 Å². The summed E-state index contributed by atoms with van der Waals surface area (Å²) >= 11 is 0. The van der Waals surface area contributed by atoms with Crippen molar-refractivity contribution in [1.29, 1.82) is 0 Å². The molecule has 0 atom stereocenters. The van der Waals surface area contributed by atoms with Crippen molar-refractivity contribution in [2.24, 2.45) is 7.05 Å². The number of nitrogens with one attached hydrogen (secondary N) is 1. The molecule has 0 spiro atoms. The van der Waals surface area contributed by atoms with Crippen LogP contribution >= 0.6 is 0 Å². The number of carbonyl (C=O) groups excluding carboxylic acids is 1. The summed E-state index contributed by atoms with van der Waals surface area (Å²) in [6.07, 6.45) is -4.57. The Morgan fingerprint density at radius 2 is 1.64 bits per heavy atom. The number of aromatic nitrogens is 2. The van der Waals surface area contributed by atoms with Gasteiger partial charge in [-0.3, -0.25) is 14.3 Å². The lowest BCUT2D eigenvalue weighted by Crippen LogP contribution is -2.23. The number of anilines is 1. The fraction of sp³-hybridized carbons (Fsp3) is 0.200. The first kappa shape index (κ1) is 19.5. The highest BCUT2D eigenvalue weighted by molar-refractivity contribution is 5.92. The number of hydrogen-bond donors (Lipinski definition) is 1. The summed E-state index contributed by atoms with van der Waals surface area (Å²) in [7, 11) is 1.70. The predicted molar refractivity (Wildman–Crippen MR) is 99.5 cm³/mol. The summed E-state index contributed by atoms with van der Waals surface area (Å²) in [5.74, 6) is -0.481. The summed E-state index contributed by atoms with van der Waals surface area (Å²) in [5, 5.41) is 2.59. The van der Waals surface area contributed by atoms with Crippen molar-refractivity contribution < 1.29 is 18.0 Å². The van der Waals surface area contributed by atoms with Crippen LogP contribution in [-0.4, -0.2) is 15.3 Å². The van der Waals surface area contributed by atoms with Gasteiger partial charge in [0.15, 0.2) is 0 Å². The van der Waals surface area contributed by atoms with Gasteiger partial charge in [-0.2, -0.15) is 13.2 Å². The molecule has 2 aromatic carbocycles. The molecule has 0 saturated heterocycles. The molecule has 0 fully saturated rings. The molecule has 0 radical (unpaired) electrons. The Bertz CT molecular complexity index is 1050. The third kappa shape index (κ3) is 3.85. The summed E-state index contributed by atoms with van der Waals surface area (Å²) in [6.45, 7) is 1.70. The van der Waals surface area contributed by atoms with Crippen molar-refractivity contribution in [3.05, 3.63) is 81.8 Å². The average Bonchev–Trinajstić information content (AvgIpc) is 2.85. The fourth-order valence-electron chi connectivity index (χ4n) is 2.89. The number of halogens is 3. The maximum Gasteiger partial charge on any atom is 0.416 e. The van der Waals surface area contributed by atoms with Gasteiger partial charge < -0.3 is 5.32 Å². The highest BCUT2D eigenvalue weighted by Crippen LogP contribution is 2.29. The third-order valence-corrected chi connectivity index (χ3v) is 4.46. The van der Waals surface area contributed by atoms with Crippen molar-refractivity contribution in [3.63, 3.8) is 0 Å². The lowest BCUT2D eigenvalue weighted by molar-refractivity contribution is -0.137. The quantitative estimate of drug-likeness (QED) is 0.740. The van der Waals surface area contributed by atoms with Crippen LogP contribution in [0.3, 0.4) is 0 Å². The van der Waals surface area contributed by atoms with Gasteiger partial charge in [0.05, 0.1) is 23.4 Å². The molecule has 3 rings (SSSR count). The molecule has 146 valence electrons. The standard InChI is InChI=1S/C20H18F3N3O2/c1-13-18(19(28)26(25(13)2)16-6-4-3-5-7-16)24-17(27)12-14-8-10-15(11-9-14)20(21,22)23/h3-11H,12H2,1-2H3,(H,24,27). The van der Waals surface area contributed by atoms with E-state index >= 15 is 0 Å². The number of carbonyl (C=O) groups is 1. The molecule has 0 saturated carbocycles. The van der Waals surface area contributed by atoms with Crippen LogP contribution < -0.4 is 10.9 Å². The second kappa shape index (κ2) is 7.38. The lowest BCUT2D eigenvalue weighted by Gasteiger charge is -2.08. The smallest absolute Gasteiger partial charge is 0.320 e. The normalized spacial score (nSPS) is 11.5. The SMILES string of the molecule is Cc1c(NC(=O)Cc2ccc(C(F)(F)F)cc2)c(=O)n(-c2ccccc2)n1C. The molecule has 1 heterocycles. The number of benzene rings is 2. The molecule has 0 aliphatic carbocycles. The Morgan fingerprint density at radius 3 is 2.21 bits per heavy atom. The summed E-state index contributed by atoms with van der Waals surface area (Å²) < 4.78 is 40.9. The van der Waals surface area contributed by atoms with Crippen molar-refractivity contribution in [2.45, 2.75) is 19.5 Å². The van der Waals surface area contributed by atoms with Gasteiger partial charge in [0.25, 0.3) is 5.56 Å². The molecule has 1 N–H and O–H groups in total. The summed E-state index contributed by atoms with van der Waals surface area (Å²) in [4.78, 5) is 25.1. The number of rotatable bonds is 4. The summed E-state index contributed by atoms with van der Waals surface area (Å²) in [5.41, 5.74) is 0.620. The van der Waals surface area contributed by atoms with E-state index < -0.39 is 17.6 Å². The molecule has 28 heavy (non-hydrogen) atoms. The highest BCUT2D eigenvalue weighted by atomic mass is 19.4. The van der Waals surface area contributed by atoms with Gasteiger partial charge in [-0.25, -0.2) is 4.68 Å². The Morgan fingerprint density at radius 1 is 1.04 bits per heavy atom. The van der Waals surface area contributed by atoms with E-state index in [2.05, 4.69) is 5.32 Å². The monoisotopic (exact) mass is 389 g/mol. The Hall–Kier alpha value is -3.29. The van der Waals surface area contributed by atoms with Crippen LogP contribution in [0.2, 0.25) is 0 Å². The minimum absolute atomic E-state index is 0.142. The topological polar surface area (TPSA) is 56.0 Å². The van der Waals surface area contributed by atoms with Crippen LogP contribution in [-0.2, 0) is 24.4 Å². The van der Waals surface area contributed by atoms with Gasteiger partial charge in [-0.1, -0.05) is 30.3 Å². The van der Waals surface area contributed by atoms with Gasteiger partial charge >= 0.3 is 6.18 Å². The molecule has 1 amide bonds. The van der Waals surface area contributed by atoms with E-state index in [4.69, 9.17) is 0 Å². The number of amides is 1. The van der Waals surface area contributed by atoms with E-state index in [1.165, 1.54) is 16.8 Å². The van der Waals surface area contributed by atoms with E-state index in [-0.39, 0.29) is 17.7 Å². The van der Waals surface area contributed by atoms with E-state index in [9.17, 15) is 22.8 Å². The number of alkyl halides is 3. The molecule has 3 aromatic rings.